The molecule has 0 saturated carbocycles. The van der Waals surface area contributed by atoms with Crippen molar-refractivity contribution in [3.8, 4) is 11.4 Å². The number of imidazole rings is 1. The first-order chi connectivity index (χ1) is 11.6. The minimum Gasteiger partial charge on any atom is -0.476 e. The Morgan fingerprint density at radius 1 is 1.17 bits per heavy atom. The Labute approximate surface area is 144 Å². The standard InChI is InChI=1S/C18H15ClN2O3/c1-12-16(18(22)23)21(24-11-13-5-3-2-4-6-13)17(20-12)14-7-9-15(19)10-8-14/h2-10H,11H2,1H3,(H,22,23). The van der Waals surface area contributed by atoms with Gasteiger partial charge in [-0.15, -0.1) is 0 Å². The second-order valence-electron chi connectivity index (χ2n) is 5.23. The summed E-state index contributed by atoms with van der Waals surface area (Å²) in [5.74, 6) is -0.661. The van der Waals surface area contributed by atoms with Crippen LogP contribution in [0.1, 0.15) is 21.7 Å². The van der Waals surface area contributed by atoms with Crippen LogP contribution in [0.3, 0.4) is 0 Å². The molecule has 0 bridgehead atoms. The molecule has 0 unspecified atom stereocenters. The predicted octanol–water partition coefficient (Wildman–Crippen LogP) is 3.84. The summed E-state index contributed by atoms with van der Waals surface area (Å²) < 4.78 is 1.27. The van der Waals surface area contributed by atoms with E-state index in [4.69, 9.17) is 16.4 Å². The quantitative estimate of drug-likeness (QED) is 0.765. The van der Waals surface area contributed by atoms with Crippen molar-refractivity contribution in [2.24, 2.45) is 0 Å². The summed E-state index contributed by atoms with van der Waals surface area (Å²) in [7, 11) is 0. The summed E-state index contributed by atoms with van der Waals surface area (Å²) in [5.41, 5.74) is 2.06. The van der Waals surface area contributed by atoms with Gasteiger partial charge in [-0.25, -0.2) is 9.78 Å². The number of aromatic carboxylic acids is 1. The number of benzene rings is 2. The highest BCUT2D eigenvalue weighted by molar-refractivity contribution is 6.30. The van der Waals surface area contributed by atoms with Gasteiger partial charge in [0, 0.05) is 10.6 Å². The van der Waals surface area contributed by atoms with Crippen LogP contribution in [0.2, 0.25) is 5.02 Å². The molecule has 6 heteroatoms. The fourth-order valence-corrected chi connectivity index (χ4v) is 2.50. The van der Waals surface area contributed by atoms with Crippen molar-refractivity contribution >= 4 is 17.6 Å². The van der Waals surface area contributed by atoms with E-state index >= 15 is 0 Å². The van der Waals surface area contributed by atoms with Crippen LogP contribution in [0.15, 0.2) is 54.6 Å². The summed E-state index contributed by atoms with van der Waals surface area (Å²) >= 11 is 5.91. The first kappa shape index (κ1) is 16.1. The number of hydrogen-bond donors (Lipinski definition) is 1. The molecule has 0 fully saturated rings. The maximum atomic E-state index is 11.6. The van der Waals surface area contributed by atoms with Gasteiger partial charge >= 0.3 is 5.97 Å². The number of carboxylic acids is 1. The number of carbonyl (C=O) groups is 1. The Balaban J connectivity index is 2.01. The molecule has 0 aliphatic heterocycles. The summed E-state index contributed by atoms with van der Waals surface area (Å²) in [6, 6.07) is 16.5. The van der Waals surface area contributed by atoms with Gasteiger partial charge in [-0.3, -0.25) is 0 Å². The average molecular weight is 343 g/mol. The van der Waals surface area contributed by atoms with Crippen LogP contribution in [0, 0.1) is 6.92 Å². The SMILES string of the molecule is Cc1nc(-c2ccc(Cl)cc2)n(OCc2ccccc2)c1C(=O)O. The monoisotopic (exact) mass is 342 g/mol. The number of halogens is 1. The van der Waals surface area contributed by atoms with Gasteiger partial charge in [0.25, 0.3) is 0 Å². The third-order valence-corrected chi connectivity index (χ3v) is 3.77. The molecule has 122 valence electrons. The number of hydrogen-bond acceptors (Lipinski definition) is 3. The van der Waals surface area contributed by atoms with Gasteiger partial charge in [0.05, 0.1) is 5.69 Å². The smallest absolute Gasteiger partial charge is 0.357 e. The van der Waals surface area contributed by atoms with Gasteiger partial charge in [-0.05, 0) is 36.8 Å². The van der Waals surface area contributed by atoms with Crippen LogP contribution in [-0.4, -0.2) is 20.8 Å². The Kier molecular flexibility index (Phi) is 4.53. The normalized spacial score (nSPS) is 10.6. The van der Waals surface area contributed by atoms with Gasteiger partial charge in [-0.1, -0.05) is 41.9 Å². The van der Waals surface area contributed by atoms with Gasteiger partial charge < -0.3 is 9.94 Å². The van der Waals surface area contributed by atoms with Crippen LogP contribution in [0.5, 0.6) is 0 Å². The number of aryl methyl sites for hydroxylation is 1. The average Bonchev–Trinajstić information content (AvgIpc) is 2.91. The highest BCUT2D eigenvalue weighted by Crippen LogP contribution is 2.23. The maximum absolute atomic E-state index is 11.6. The van der Waals surface area contributed by atoms with Crippen molar-refractivity contribution < 1.29 is 14.7 Å². The van der Waals surface area contributed by atoms with Crippen molar-refractivity contribution in [3.05, 3.63) is 76.6 Å². The highest BCUT2D eigenvalue weighted by atomic mass is 35.5. The fourth-order valence-electron chi connectivity index (χ4n) is 2.37. The molecular formula is C18H15ClN2O3. The molecule has 0 saturated heterocycles. The largest absolute Gasteiger partial charge is 0.476 e. The van der Waals surface area contributed by atoms with E-state index in [1.165, 1.54) is 4.73 Å². The van der Waals surface area contributed by atoms with E-state index in [0.717, 1.165) is 11.1 Å². The molecule has 3 aromatic rings. The van der Waals surface area contributed by atoms with E-state index in [1.807, 2.05) is 30.3 Å². The zero-order valence-corrected chi connectivity index (χ0v) is 13.7. The maximum Gasteiger partial charge on any atom is 0.357 e. The molecule has 0 radical (unpaired) electrons. The highest BCUT2D eigenvalue weighted by Gasteiger charge is 2.22. The van der Waals surface area contributed by atoms with Crippen molar-refractivity contribution in [2.75, 3.05) is 0 Å². The van der Waals surface area contributed by atoms with Gasteiger partial charge in [0.15, 0.2) is 11.5 Å². The number of carboxylic acid groups (broad SMARTS) is 1. The summed E-state index contributed by atoms with van der Waals surface area (Å²) in [4.78, 5) is 21.7. The zero-order valence-electron chi connectivity index (χ0n) is 12.9. The molecule has 3 rings (SSSR count). The van der Waals surface area contributed by atoms with Crippen LogP contribution >= 0.6 is 11.6 Å². The molecule has 1 aromatic heterocycles. The molecular weight excluding hydrogens is 328 g/mol. The van der Waals surface area contributed by atoms with Gasteiger partial charge in [0.2, 0.25) is 0 Å². The lowest BCUT2D eigenvalue weighted by atomic mass is 10.2. The van der Waals surface area contributed by atoms with E-state index < -0.39 is 5.97 Å². The first-order valence-corrected chi connectivity index (χ1v) is 7.70. The molecule has 2 aromatic carbocycles. The van der Waals surface area contributed by atoms with Crippen molar-refractivity contribution in [1.82, 2.24) is 9.71 Å². The van der Waals surface area contributed by atoms with Crippen LogP contribution in [0.25, 0.3) is 11.4 Å². The van der Waals surface area contributed by atoms with Crippen molar-refractivity contribution in [3.63, 3.8) is 0 Å². The van der Waals surface area contributed by atoms with E-state index in [-0.39, 0.29) is 12.3 Å². The van der Waals surface area contributed by atoms with E-state index in [0.29, 0.717) is 16.5 Å². The second-order valence-corrected chi connectivity index (χ2v) is 5.67. The van der Waals surface area contributed by atoms with E-state index in [1.54, 1.807) is 31.2 Å². The molecule has 1 N–H and O–H groups in total. The summed E-state index contributed by atoms with van der Waals surface area (Å²) in [6.45, 7) is 1.88. The molecule has 1 heterocycles. The first-order valence-electron chi connectivity index (χ1n) is 7.32. The topological polar surface area (TPSA) is 64.4 Å². The number of rotatable bonds is 5. The summed E-state index contributed by atoms with van der Waals surface area (Å²) in [5, 5.41) is 10.1. The van der Waals surface area contributed by atoms with E-state index in [9.17, 15) is 9.90 Å². The lowest BCUT2D eigenvalue weighted by Crippen LogP contribution is -2.18. The van der Waals surface area contributed by atoms with Crippen LogP contribution < -0.4 is 4.84 Å². The van der Waals surface area contributed by atoms with Crippen LogP contribution in [-0.2, 0) is 6.61 Å². The number of aromatic nitrogens is 2. The fraction of sp³-hybridized carbons (Fsp3) is 0.111. The minimum atomic E-state index is -1.09. The third kappa shape index (κ3) is 3.26. The molecule has 0 amide bonds. The Morgan fingerprint density at radius 2 is 1.83 bits per heavy atom. The molecule has 24 heavy (non-hydrogen) atoms. The van der Waals surface area contributed by atoms with Crippen molar-refractivity contribution in [1.29, 1.82) is 0 Å². The lowest BCUT2D eigenvalue weighted by Gasteiger charge is -2.12. The molecule has 0 aliphatic carbocycles. The minimum absolute atomic E-state index is 0.0101. The molecule has 0 spiro atoms. The molecule has 5 nitrogen and oxygen atoms in total. The predicted molar refractivity (Wildman–Crippen MR) is 91.1 cm³/mol. The Morgan fingerprint density at radius 3 is 2.46 bits per heavy atom. The Hall–Kier alpha value is -2.79. The zero-order chi connectivity index (χ0) is 17.1. The van der Waals surface area contributed by atoms with E-state index in [2.05, 4.69) is 4.98 Å². The second kappa shape index (κ2) is 6.76. The van der Waals surface area contributed by atoms with Gasteiger partial charge in [0.1, 0.15) is 6.61 Å². The Bertz CT molecular complexity index is 858. The lowest BCUT2D eigenvalue weighted by molar-refractivity contribution is 0.0574. The number of nitrogens with zero attached hydrogens (tertiary/aromatic N) is 2. The molecule has 0 aliphatic rings. The third-order valence-electron chi connectivity index (χ3n) is 3.52. The summed E-state index contributed by atoms with van der Waals surface area (Å²) in [6.07, 6.45) is 0. The van der Waals surface area contributed by atoms with Crippen LogP contribution in [0.4, 0.5) is 0 Å². The van der Waals surface area contributed by atoms with Crippen molar-refractivity contribution in [2.45, 2.75) is 13.5 Å². The van der Waals surface area contributed by atoms with Gasteiger partial charge in [-0.2, -0.15) is 4.73 Å². The molecule has 0 atom stereocenters.